The summed E-state index contributed by atoms with van der Waals surface area (Å²) in [5.41, 5.74) is 5.35. The van der Waals surface area contributed by atoms with Gasteiger partial charge in [0.2, 0.25) is 0 Å². The van der Waals surface area contributed by atoms with E-state index in [-0.39, 0.29) is 38.4 Å². The van der Waals surface area contributed by atoms with Gasteiger partial charge in [0.25, 0.3) is 0 Å². The third kappa shape index (κ3) is 42.0. The topological polar surface area (TPSA) is 151 Å². The Morgan fingerprint density at radius 1 is 0.552 bits per heavy atom. The van der Waals surface area contributed by atoms with Crippen LogP contribution in [0.3, 0.4) is 0 Å². The molecule has 0 aromatic carbocycles. The summed E-state index contributed by atoms with van der Waals surface area (Å²) < 4.78 is 32.8. The summed E-state index contributed by atoms with van der Waals surface area (Å²) in [6.45, 7) is 3.54. The Balaban J connectivity index is 4.13. The highest BCUT2D eigenvalue weighted by atomic mass is 31.2. The van der Waals surface area contributed by atoms with Crippen molar-refractivity contribution in [3.8, 4) is 0 Å². The second kappa shape index (κ2) is 43.0. The molecule has 0 fully saturated rings. The predicted molar refractivity (Wildman–Crippen MR) is 239 cm³/mol. The molecule has 58 heavy (non-hydrogen) atoms. The minimum Gasteiger partial charge on any atom is -0.462 e. The van der Waals surface area contributed by atoms with Crippen molar-refractivity contribution < 1.29 is 42.4 Å². The smallest absolute Gasteiger partial charge is 0.462 e. The number of phosphoric acid groups is 1. The van der Waals surface area contributed by atoms with Crippen LogP contribution in [0.1, 0.15) is 213 Å². The minimum absolute atomic E-state index is 0.0404. The SMILES string of the molecule is CCCCCCCC/C=C\CCCCCCCCCCCCCC(=O)O[C@H](COC(=O)CCCCCCC/C=C\C=C\C(=O)CCCCC)COP(=O)(O)OCCN. The number of carbonyl (C=O) groups excluding carboxylic acids is 3. The van der Waals surface area contributed by atoms with E-state index in [1.807, 2.05) is 12.2 Å². The molecule has 338 valence electrons. The number of hydrogen-bond donors (Lipinski definition) is 2. The van der Waals surface area contributed by atoms with Crippen LogP contribution in [0.2, 0.25) is 0 Å². The molecule has 10 nitrogen and oxygen atoms in total. The van der Waals surface area contributed by atoms with Crippen molar-refractivity contribution in [2.75, 3.05) is 26.4 Å². The summed E-state index contributed by atoms with van der Waals surface area (Å²) in [5, 5.41) is 0. The Morgan fingerprint density at radius 2 is 1.00 bits per heavy atom. The van der Waals surface area contributed by atoms with E-state index in [4.69, 9.17) is 24.3 Å². The molecular weight excluding hydrogens is 753 g/mol. The van der Waals surface area contributed by atoms with Gasteiger partial charge in [0.05, 0.1) is 13.2 Å². The molecule has 3 N–H and O–H groups in total. The highest BCUT2D eigenvalue weighted by Crippen LogP contribution is 2.43. The maximum atomic E-state index is 12.6. The van der Waals surface area contributed by atoms with Crippen LogP contribution >= 0.6 is 7.82 Å². The molecule has 0 aliphatic carbocycles. The van der Waals surface area contributed by atoms with E-state index < -0.39 is 32.5 Å². The van der Waals surface area contributed by atoms with Crippen LogP contribution in [-0.2, 0) is 37.5 Å². The normalized spacial score (nSPS) is 13.4. The molecule has 0 rings (SSSR count). The number of phosphoric ester groups is 1. The molecule has 0 aromatic rings. The molecule has 0 amide bonds. The number of unbranched alkanes of at least 4 members (excludes halogenated alkanes) is 24. The molecule has 0 aliphatic rings. The van der Waals surface area contributed by atoms with Crippen molar-refractivity contribution in [3.05, 3.63) is 36.5 Å². The molecule has 0 saturated heterocycles. The van der Waals surface area contributed by atoms with Crippen LogP contribution in [-0.4, -0.2) is 55.1 Å². The van der Waals surface area contributed by atoms with Crippen molar-refractivity contribution in [3.63, 3.8) is 0 Å². The monoisotopic (exact) mass is 840 g/mol. The molecule has 1 unspecified atom stereocenters. The number of allylic oxidation sites excluding steroid dienone is 6. The largest absolute Gasteiger partial charge is 0.472 e. The van der Waals surface area contributed by atoms with Gasteiger partial charge in [-0.05, 0) is 63.9 Å². The lowest BCUT2D eigenvalue weighted by Gasteiger charge is -2.19. The molecule has 0 saturated carbocycles. The summed E-state index contributed by atoms with van der Waals surface area (Å²) in [5.74, 6) is -0.709. The number of ether oxygens (including phenoxy) is 2. The van der Waals surface area contributed by atoms with Crippen molar-refractivity contribution in [1.29, 1.82) is 0 Å². The summed E-state index contributed by atoms with van der Waals surface area (Å²) in [7, 11) is -4.40. The summed E-state index contributed by atoms with van der Waals surface area (Å²) in [6.07, 6.45) is 44.4. The lowest BCUT2D eigenvalue weighted by atomic mass is 10.0. The van der Waals surface area contributed by atoms with Crippen molar-refractivity contribution in [2.45, 2.75) is 219 Å². The van der Waals surface area contributed by atoms with E-state index in [1.54, 1.807) is 6.08 Å². The molecule has 0 aromatic heterocycles. The molecule has 2 atom stereocenters. The molecule has 11 heteroatoms. The minimum atomic E-state index is -4.40. The van der Waals surface area contributed by atoms with Crippen LogP contribution in [0.15, 0.2) is 36.5 Å². The van der Waals surface area contributed by atoms with E-state index in [1.165, 1.54) is 96.3 Å². The Bertz CT molecular complexity index is 1110. The van der Waals surface area contributed by atoms with Crippen molar-refractivity contribution >= 4 is 25.5 Å². The van der Waals surface area contributed by atoms with Crippen molar-refractivity contribution in [2.24, 2.45) is 5.73 Å². The molecule has 0 spiro atoms. The predicted octanol–water partition coefficient (Wildman–Crippen LogP) is 12.9. The van der Waals surface area contributed by atoms with Crippen LogP contribution < -0.4 is 5.73 Å². The molecule has 0 heterocycles. The maximum Gasteiger partial charge on any atom is 0.472 e. The number of rotatable bonds is 44. The number of ketones is 1. The number of nitrogens with two attached hydrogens (primary N) is 1. The zero-order valence-corrected chi connectivity index (χ0v) is 37.9. The number of hydrogen-bond acceptors (Lipinski definition) is 9. The third-order valence-electron chi connectivity index (χ3n) is 9.97. The first-order valence-corrected chi connectivity index (χ1v) is 24.9. The average Bonchev–Trinajstić information content (AvgIpc) is 3.20. The second-order valence-corrected chi connectivity index (χ2v) is 17.1. The Labute approximate surface area is 354 Å². The molecule has 0 aliphatic heterocycles. The van der Waals surface area contributed by atoms with Gasteiger partial charge in [-0.3, -0.25) is 23.4 Å². The van der Waals surface area contributed by atoms with E-state index >= 15 is 0 Å². The van der Waals surface area contributed by atoms with Crippen LogP contribution in [0.5, 0.6) is 0 Å². The average molecular weight is 840 g/mol. The van der Waals surface area contributed by atoms with Gasteiger partial charge in [0, 0.05) is 25.8 Å². The highest BCUT2D eigenvalue weighted by Gasteiger charge is 2.26. The maximum absolute atomic E-state index is 12.6. The zero-order valence-electron chi connectivity index (χ0n) is 37.0. The Hall–Kier alpha value is -2.10. The summed E-state index contributed by atoms with van der Waals surface area (Å²) >= 11 is 0. The van der Waals surface area contributed by atoms with Gasteiger partial charge >= 0.3 is 19.8 Å². The Kier molecular flexibility index (Phi) is 41.4. The van der Waals surface area contributed by atoms with Gasteiger partial charge in [-0.1, -0.05) is 166 Å². The number of carbonyl (C=O) groups is 3. The first-order chi connectivity index (χ1) is 28.2. The second-order valence-electron chi connectivity index (χ2n) is 15.7. The van der Waals surface area contributed by atoms with Crippen LogP contribution in [0, 0.1) is 0 Å². The summed E-state index contributed by atoms with van der Waals surface area (Å²) in [6, 6.07) is 0. The van der Waals surface area contributed by atoms with Gasteiger partial charge in [0.1, 0.15) is 6.61 Å². The first kappa shape index (κ1) is 55.9. The summed E-state index contributed by atoms with van der Waals surface area (Å²) in [4.78, 5) is 46.7. The molecule has 0 bridgehead atoms. The standard InChI is InChI=1S/C47H86NO9P/c1-3-5-7-8-9-10-11-12-13-14-15-16-17-18-19-20-21-24-28-31-35-39-47(51)57-45(43-56-58(52,53)55-41-40-48)42-54-46(50)38-34-30-27-25-22-23-26-29-33-37-44(49)36-32-6-4-2/h12-13,26,29,33,37,45H,3-11,14-25,27-28,30-32,34-36,38-43,48H2,1-2H3,(H,52,53)/b13-12-,29-26-,37-33+/t45-/m1/s1. The van der Waals surface area contributed by atoms with E-state index in [0.29, 0.717) is 19.3 Å². The van der Waals surface area contributed by atoms with Gasteiger partial charge in [-0.25, -0.2) is 4.57 Å². The first-order valence-electron chi connectivity index (χ1n) is 23.4. The van der Waals surface area contributed by atoms with Crippen molar-refractivity contribution in [1.82, 2.24) is 0 Å². The lowest BCUT2D eigenvalue weighted by Crippen LogP contribution is -2.29. The molecule has 0 radical (unpaired) electrons. The molecular formula is C47H86NO9P. The van der Waals surface area contributed by atoms with Gasteiger partial charge in [-0.15, -0.1) is 0 Å². The highest BCUT2D eigenvalue weighted by molar-refractivity contribution is 7.47. The Morgan fingerprint density at radius 3 is 1.53 bits per heavy atom. The number of esters is 2. The van der Waals surface area contributed by atoms with Gasteiger partial charge in [-0.2, -0.15) is 0 Å². The van der Waals surface area contributed by atoms with Gasteiger partial charge in [0.15, 0.2) is 11.9 Å². The fourth-order valence-electron chi connectivity index (χ4n) is 6.43. The fraction of sp³-hybridized carbons (Fsp3) is 0.809. The van der Waals surface area contributed by atoms with Crippen LogP contribution in [0.4, 0.5) is 0 Å². The third-order valence-corrected chi connectivity index (χ3v) is 11.0. The fourth-order valence-corrected chi connectivity index (χ4v) is 7.20. The van der Waals surface area contributed by atoms with E-state index in [2.05, 4.69) is 32.1 Å². The lowest BCUT2D eigenvalue weighted by molar-refractivity contribution is -0.161. The zero-order chi connectivity index (χ0) is 42.6. The van der Waals surface area contributed by atoms with E-state index in [9.17, 15) is 23.8 Å². The quantitative estimate of drug-likeness (QED) is 0.0151. The van der Waals surface area contributed by atoms with Gasteiger partial charge < -0.3 is 20.1 Å². The van der Waals surface area contributed by atoms with Crippen LogP contribution in [0.25, 0.3) is 0 Å². The van der Waals surface area contributed by atoms with E-state index in [0.717, 1.165) is 70.6 Å².